The molecule has 0 saturated heterocycles. The van der Waals surface area contributed by atoms with Crippen LogP contribution in [0.1, 0.15) is 52.3 Å². The van der Waals surface area contributed by atoms with Crippen molar-refractivity contribution in [3.05, 3.63) is 226 Å². The summed E-state index contributed by atoms with van der Waals surface area (Å²) in [7, 11) is 0. The van der Waals surface area contributed by atoms with E-state index in [2.05, 4.69) is 139 Å². The van der Waals surface area contributed by atoms with Crippen LogP contribution in [0.25, 0.3) is 119 Å². The van der Waals surface area contributed by atoms with Gasteiger partial charge in [0.15, 0.2) is 5.84 Å². The maximum Gasteiger partial charge on any atom is 0.154 e. The number of nitrogens with one attached hydrogen (secondary N) is 1. The standard InChI is InChI=1S/C39H31NO2S.C26H17N3S2/c1-6-12-30-31-18-16-25(23-38(31)43-37(30)9-4)27-21-32(39-28(8-3)35(13-7-2)42-36(39)22-27)26-17-19-34(40-41)33(20-26)29-15-11-10-14-24(29)5;27-25(15-9-11-19-17-5-1-3-7-21(17)30-23(19)13-15)29-26(28)16-10-12-20-18-6-2-4-8-22(18)31-24(20)14-16/h6-23H,3-4H2,1-2,5H3;1-14H,(H3,27,28,29)/b12-6-,13-7-;. The molecule has 0 radical (unpaired) electrons. The zero-order chi connectivity index (χ0) is 51.0. The molecule has 0 atom stereocenters. The SMILES string of the molecule is C=Cc1sc2cc(-c3cc(-c4ccc(N=O)c(-c5ccccc5C)c4)c4c(C=C)c(/C=C\C)oc4c3)ccc2c1/C=C\C.N=C(N=C(N)c1ccc2c(c1)sc1ccccc12)c1ccc2c(c1)sc1ccccc12. The molecule has 4 heterocycles. The summed E-state index contributed by atoms with van der Waals surface area (Å²) in [6.07, 6.45) is 11.9. The van der Waals surface area contributed by atoms with Crippen LogP contribution in [0.15, 0.2) is 198 Å². The number of amidine groups is 2. The van der Waals surface area contributed by atoms with Gasteiger partial charge in [-0.3, -0.25) is 5.41 Å². The van der Waals surface area contributed by atoms with E-state index >= 15 is 0 Å². The molecule has 4 aromatic heterocycles. The monoisotopic (exact) mass is 1010 g/mol. The van der Waals surface area contributed by atoms with Crippen LogP contribution >= 0.6 is 34.0 Å². The third-order valence-corrected chi connectivity index (χ3v) is 16.8. The lowest BCUT2D eigenvalue weighted by atomic mass is 9.90. The maximum absolute atomic E-state index is 11.9. The normalized spacial score (nSPS) is 12.0. The second-order valence-corrected chi connectivity index (χ2v) is 21.1. The summed E-state index contributed by atoms with van der Waals surface area (Å²) in [6.45, 7) is 14.2. The molecule has 0 saturated carbocycles. The van der Waals surface area contributed by atoms with Crippen molar-refractivity contribution in [3.63, 3.8) is 0 Å². The lowest BCUT2D eigenvalue weighted by Crippen LogP contribution is -2.15. The summed E-state index contributed by atoms with van der Waals surface area (Å²) in [4.78, 5) is 17.5. The number of nitrogens with zero attached hydrogens (tertiary/aromatic N) is 2. The Bertz CT molecular complexity index is 4350. The van der Waals surface area contributed by atoms with Crippen molar-refractivity contribution in [1.82, 2.24) is 0 Å². The lowest BCUT2D eigenvalue weighted by Gasteiger charge is -2.13. The first kappa shape index (κ1) is 47.7. The third kappa shape index (κ3) is 8.71. The van der Waals surface area contributed by atoms with Crippen LogP contribution in [-0.4, -0.2) is 11.7 Å². The van der Waals surface area contributed by atoms with Crippen molar-refractivity contribution in [3.8, 4) is 33.4 Å². The average Bonchev–Trinajstić information content (AvgIpc) is 4.20. The molecule has 6 nitrogen and oxygen atoms in total. The molecule has 0 amide bonds. The number of rotatable bonds is 10. The van der Waals surface area contributed by atoms with Crippen molar-refractivity contribution >= 4 is 137 Å². The van der Waals surface area contributed by atoms with E-state index in [0.29, 0.717) is 11.5 Å². The molecule has 9 heteroatoms. The van der Waals surface area contributed by atoms with Gasteiger partial charge in [-0.1, -0.05) is 147 Å². The minimum atomic E-state index is 0.174. The van der Waals surface area contributed by atoms with E-state index in [0.717, 1.165) is 81.9 Å². The third-order valence-electron chi connectivity index (χ3n) is 13.4. The van der Waals surface area contributed by atoms with E-state index in [-0.39, 0.29) is 5.84 Å². The number of allylic oxidation sites excluding steroid dienone is 2. The zero-order valence-electron chi connectivity index (χ0n) is 40.9. The summed E-state index contributed by atoms with van der Waals surface area (Å²) in [5, 5.41) is 19.0. The summed E-state index contributed by atoms with van der Waals surface area (Å²) in [5.74, 6) is 1.30. The van der Waals surface area contributed by atoms with Crippen molar-refractivity contribution in [2.75, 3.05) is 0 Å². The first-order chi connectivity index (χ1) is 36.2. The Labute approximate surface area is 440 Å². The zero-order valence-corrected chi connectivity index (χ0v) is 43.4. The number of furan rings is 1. The number of hydrogen-bond acceptors (Lipinski definition) is 7. The molecule has 0 aliphatic rings. The fourth-order valence-electron chi connectivity index (χ4n) is 9.83. The molecule has 0 aliphatic heterocycles. The Morgan fingerprint density at radius 3 is 1.85 bits per heavy atom. The molecular weight excluding hydrogens is 965 g/mol. The van der Waals surface area contributed by atoms with Crippen LogP contribution in [0.2, 0.25) is 0 Å². The smallest absolute Gasteiger partial charge is 0.154 e. The van der Waals surface area contributed by atoms with Crippen molar-refractivity contribution in [2.45, 2.75) is 20.8 Å². The Morgan fingerprint density at radius 2 is 1.18 bits per heavy atom. The van der Waals surface area contributed by atoms with Gasteiger partial charge in [-0.25, -0.2) is 4.99 Å². The molecule has 0 aliphatic carbocycles. The molecular formula is C65H48N4O2S3. The largest absolute Gasteiger partial charge is 0.456 e. The second-order valence-electron chi connectivity index (χ2n) is 17.9. The topological polar surface area (TPSA) is 105 Å². The van der Waals surface area contributed by atoms with Crippen LogP contribution in [0, 0.1) is 17.2 Å². The van der Waals surface area contributed by atoms with Crippen molar-refractivity contribution in [1.29, 1.82) is 5.41 Å². The highest BCUT2D eigenvalue weighted by Crippen LogP contribution is 2.44. The molecule has 3 N–H and O–H groups in total. The molecule has 0 unspecified atom stereocenters. The number of hydrogen-bond donors (Lipinski definition) is 2. The highest BCUT2D eigenvalue weighted by atomic mass is 32.1. The minimum absolute atomic E-state index is 0.174. The van der Waals surface area contributed by atoms with Gasteiger partial charge in [0.1, 0.15) is 22.9 Å². The van der Waals surface area contributed by atoms with Gasteiger partial charge in [-0.05, 0) is 126 Å². The van der Waals surface area contributed by atoms with Crippen LogP contribution < -0.4 is 5.73 Å². The second kappa shape index (κ2) is 20.1. The molecule has 12 rings (SSSR count). The summed E-state index contributed by atoms with van der Waals surface area (Å²) in [6, 6.07) is 53.8. The predicted octanol–water partition coefficient (Wildman–Crippen LogP) is 19.9. The highest BCUT2D eigenvalue weighted by Gasteiger charge is 2.20. The number of nitrogens with two attached hydrogens (primary N) is 1. The van der Waals surface area contributed by atoms with E-state index in [9.17, 15) is 4.91 Å². The van der Waals surface area contributed by atoms with Gasteiger partial charge in [0.05, 0.1) is 0 Å². The fraction of sp³-hybridized carbons (Fsp3) is 0.0462. The highest BCUT2D eigenvalue weighted by molar-refractivity contribution is 7.26. The number of thiophene rings is 3. The van der Waals surface area contributed by atoms with E-state index < -0.39 is 0 Å². The van der Waals surface area contributed by atoms with Crippen molar-refractivity contribution < 1.29 is 4.42 Å². The van der Waals surface area contributed by atoms with E-state index in [4.69, 9.17) is 15.6 Å². The Hall–Kier alpha value is -8.60. The average molecular weight is 1010 g/mol. The molecule has 0 spiro atoms. The van der Waals surface area contributed by atoms with Gasteiger partial charge in [0.2, 0.25) is 0 Å². The van der Waals surface area contributed by atoms with Gasteiger partial charge < -0.3 is 10.2 Å². The van der Waals surface area contributed by atoms with Gasteiger partial charge in [0, 0.05) is 82.9 Å². The Balaban J connectivity index is 0.000000167. The number of aryl methyl sites for hydroxylation is 1. The first-order valence-electron chi connectivity index (χ1n) is 24.2. The number of aliphatic imine (C=N–C) groups is 1. The van der Waals surface area contributed by atoms with E-state index in [1.807, 2.05) is 93.6 Å². The Kier molecular flexibility index (Phi) is 13.0. The van der Waals surface area contributed by atoms with Crippen LogP contribution in [0.5, 0.6) is 0 Å². The van der Waals surface area contributed by atoms with Crippen molar-refractivity contribution in [2.24, 2.45) is 15.9 Å². The lowest BCUT2D eigenvalue weighted by molar-refractivity contribution is 0.603. The van der Waals surface area contributed by atoms with Crippen LogP contribution in [0.4, 0.5) is 5.69 Å². The molecule has 12 aromatic rings. The minimum Gasteiger partial charge on any atom is -0.456 e. The Morgan fingerprint density at radius 1 is 0.568 bits per heavy atom. The fourth-order valence-corrected chi connectivity index (χ4v) is 13.2. The predicted molar refractivity (Wildman–Crippen MR) is 324 cm³/mol. The molecule has 0 fully saturated rings. The summed E-state index contributed by atoms with van der Waals surface area (Å²) < 4.78 is 12.5. The first-order valence-corrected chi connectivity index (χ1v) is 26.6. The number of nitroso groups, excluding NO2 is 1. The summed E-state index contributed by atoms with van der Waals surface area (Å²) >= 11 is 5.23. The summed E-state index contributed by atoms with van der Waals surface area (Å²) in [5.41, 5.74) is 18.2. The van der Waals surface area contributed by atoms with Gasteiger partial charge in [0.25, 0.3) is 0 Å². The maximum atomic E-state index is 11.9. The van der Waals surface area contributed by atoms with Gasteiger partial charge in [-0.2, -0.15) is 0 Å². The van der Waals surface area contributed by atoms with Crippen LogP contribution in [0.3, 0.4) is 0 Å². The van der Waals surface area contributed by atoms with E-state index in [1.54, 1.807) is 40.1 Å². The van der Waals surface area contributed by atoms with Crippen LogP contribution in [-0.2, 0) is 0 Å². The molecule has 74 heavy (non-hydrogen) atoms. The number of fused-ring (bicyclic) bond motifs is 8. The molecule has 0 bridgehead atoms. The van der Waals surface area contributed by atoms with Gasteiger partial charge in [-0.15, -0.1) is 38.9 Å². The molecule has 358 valence electrons. The van der Waals surface area contributed by atoms with E-state index in [1.165, 1.54) is 51.3 Å². The number of benzene rings is 8. The quantitative estimate of drug-likeness (QED) is 0.0810. The van der Waals surface area contributed by atoms with Gasteiger partial charge >= 0.3 is 0 Å². The molecule has 8 aromatic carbocycles.